The Labute approximate surface area is 156 Å². The van der Waals surface area contributed by atoms with Crippen molar-refractivity contribution in [1.29, 1.82) is 0 Å². The Kier molecular flexibility index (Phi) is 6.42. The fourth-order valence-corrected chi connectivity index (χ4v) is 4.01. The first kappa shape index (κ1) is 20.0. The molecule has 0 aliphatic carbocycles. The van der Waals surface area contributed by atoms with E-state index in [4.69, 9.17) is 0 Å². The van der Waals surface area contributed by atoms with Gasteiger partial charge >= 0.3 is 0 Å². The second kappa shape index (κ2) is 8.36. The van der Waals surface area contributed by atoms with Crippen LogP contribution in [0.25, 0.3) is 0 Å². The minimum absolute atomic E-state index is 0.345. The average molecular weight is 375 g/mol. The first-order valence-corrected chi connectivity index (χ1v) is 10.6. The third-order valence-corrected chi connectivity index (χ3v) is 5.43. The Morgan fingerprint density at radius 1 is 1.04 bits per heavy atom. The van der Waals surface area contributed by atoms with Crippen LogP contribution in [0.3, 0.4) is 0 Å². The summed E-state index contributed by atoms with van der Waals surface area (Å²) in [7, 11) is -3.62. The maximum Gasteiger partial charge on any atom is 0.248 e. The van der Waals surface area contributed by atoms with Crippen LogP contribution in [0.1, 0.15) is 31.4 Å². The van der Waals surface area contributed by atoms with Gasteiger partial charge in [0.05, 0.1) is 11.9 Å². The first-order valence-electron chi connectivity index (χ1n) is 8.72. The minimum Gasteiger partial charge on any atom is -0.324 e. The molecule has 26 heavy (non-hydrogen) atoms. The van der Waals surface area contributed by atoms with Gasteiger partial charge in [0.15, 0.2) is 0 Å². The lowest BCUT2D eigenvalue weighted by Gasteiger charge is -2.30. The number of benzene rings is 2. The molecular formula is C20H26N2O3S. The van der Waals surface area contributed by atoms with E-state index in [1.54, 1.807) is 19.1 Å². The largest absolute Gasteiger partial charge is 0.324 e. The number of aryl methyl sites for hydroxylation is 2. The summed E-state index contributed by atoms with van der Waals surface area (Å²) in [5.74, 6) is -0.345. The van der Waals surface area contributed by atoms with Gasteiger partial charge in [-0.15, -0.1) is 0 Å². The topological polar surface area (TPSA) is 66.5 Å². The Balaban J connectivity index is 2.31. The van der Waals surface area contributed by atoms with Crippen molar-refractivity contribution in [2.24, 2.45) is 0 Å². The minimum atomic E-state index is -3.62. The lowest BCUT2D eigenvalue weighted by atomic mass is 10.1. The molecule has 0 spiro atoms. The molecule has 0 aliphatic rings. The van der Waals surface area contributed by atoms with Crippen LogP contribution >= 0.6 is 0 Å². The van der Waals surface area contributed by atoms with E-state index in [9.17, 15) is 13.2 Å². The van der Waals surface area contributed by atoms with Crippen molar-refractivity contribution in [3.05, 3.63) is 59.7 Å². The molecular weight excluding hydrogens is 348 g/mol. The van der Waals surface area contributed by atoms with Gasteiger partial charge in [0.25, 0.3) is 0 Å². The normalized spacial score (nSPS) is 12.5. The monoisotopic (exact) mass is 374 g/mol. The van der Waals surface area contributed by atoms with E-state index < -0.39 is 16.1 Å². The van der Waals surface area contributed by atoms with Crippen molar-refractivity contribution in [2.75, 3.05) is 15.9 Å². The van der Waals surface area contributed by atoms with E-state index in [-0.39, 0.29) is 5.91 Å². The number of amides is 1. The smallest absolute Gasteiger partial charge is 0.248 e. The van der Waals surface area contributed by atoms with Gasteiger partial charge in [-0.25, -0.2) is 8.42 Å². The van der Waals surface area contributed by atoms with Crippen LogP contribution in [0.4, 0.5) is 11.4 Å². The second-order valence-corrected chi connectivity index (χ2v) is 8.22. The summed E-state index contributed by atoms with van der Waals surface area (Å²) in [5, 5.41) is 2.83. The number of nitrogens with zero attached hydrogens (tertiary/aromatic N) is 1. The number of hydrogen-bond donors (Lipinski definition) is 1. The van der Waals surface area contributed by atoms with Crippen molar-refractivity contribution in [3.8, 4) is 0 Å². The van der Waals surface area contributed by atoms with Gasteiger partial charge in [0.2, 0.25) is 15.9 Å². The predicted octanol–water partition coefficient (Wildman–Crippen LogP) is 3.74. The lowest BCUT2D eigenvalue weighted by Crippen LogP contribution is -2.47. The molecule has 1 N–H and O–H groups in total. The van der Waals surface area contributed by atoms with E-state index in [0.717, 1.165) is 18.2 Å². The third kappa shape index (κ3) is 4.85. The van der Waals surface area contributed by atoms with Gasteiger partial charge in [0.1, 0.15) is 6.04 Å². The lowest BCUT2D eigenvalue weighted by molar-refractivity contribution is -0.117. The molecule has 5 nitrogen and oxygen atoms in total. The van der Waals surface area contributed by atoms with Crippen LogP contribution < -0.4 is 9.62 Å². The summed E-state index contributed by atoms with van der Waals surface area (Å²) in [4.78, 5) is 12.8. The molecule has 0 saturated carbocycles. The van der Waals surface area contributed by atoms with E-state index in [1.165, 1.54) is 9.87 Å². The number of carbonyl (C=O) groups excluding carboxylic acids is 1. The molecule has 2 aromatic carbocycles. The molecule has 0 aromatic heterocycles. The quantitative estimate of drug-likeness (QED) is 0.803. The maximum absolute atomic E-state index is 12.8. The fourth-order valence-electron chi connectivity index (χ4n) is 2.80. The standard InChI is InChI=1S/C20H26N2O3S/c1-5-16-9-11-17(12-10-16)21-20(23)19(6-2)22(26(4,24)25)18-13-7-15(3)8-14-18/h7-14,19H,5-6H2,1-4H3,(H,21,23)/t19-/m1/s1. The SMILES string of the molecule is CCc1ccc(NC(=O)[C@@H](CC)N(c2ccc(C)cc2)S(C)(=O)=O)cc1. The van der Waals surface area contributed by atoms with Crippen molar-refractivity contribution in [1.82, 2.24) is 0 Å². The molecule has 0 aliphatic heterocycles. The van der Waals surface area contributed by atoms with Gasteiger partial charge in [-0.2, -0.15) is 0 Å². The molecule has 0 fully saturated rings. The molecule has 0 unspecified atom stereocenters. The van der Waals surface area contributed by atoms with Gasteiger partial charge in [0, 0.05) is 5.69 Å². The molecule has 0 heterocycles. The van der Waals surface area contributed by atoms with E-state index in [1.807, 2.05) is 43.3 Å². The summed E-state index contributed by atoms with van der Waals surface area (Å²) in [6.07, 6.45) is 2.40. The zero-order valence-electron chi connectivity index (χ0n) is 15.7. The molecule has 2 rings (SSSR count). The van der Waals surface area contributed by atoms with Crippen LogP contribution in [-0.2, 0) is 21.2 Å². The predicted molar refractivity (Wildman–Crippen MR) is 107 cm³/mol. The Morgan fingerprint density at radius 2 is 1.62 bits per heavy atom. The van der Waals surface area contributed by atoms with Crippen LogP contribution in [0.15, 0.2) is 48.5 Å². The summed E-state index contributed by atoms with van der Waals surface area (Å²) in [6, 6.07) is 13.9. The van der Waals surface area contributed by atoms with Gasteiger partial charge in [-0.05, 0) is 49.6 Å². The summed E-state index contributed by atoms with van der Waals surface area (Å²) >= 11 is 0. The highest BCUT2D eigenvalue weighted by Crippen LogP contribution is 2.24. The molecule has 6 heteroatoms. The third-order valence-electron chi connectivity index (χ3n) is 4.25. The molecule has 0 bridgehead atoms. The molecule has 1 atom stereocenters. The van der Waals surface area contributed by atoms with E-state index >= 15 is 0 Å². The number of anilines is 2. The number of carbonyl (C=O) groups is 1. The highest BCUT2D eigenvalue weighted by Gasteiger charge is 2.31. The number of rotatable bonds is 7. The van der Waals surface area contributed by atoms with Crippen LogP contribution in [-0.4, -0.2) is 26.6 Å². The van der Waals surface area contributed by atoms with Crippen molar-refractivity contribution >= 4 is 27.3 Å². The maximum atomic E-state index is 12.8. The van der Waals surface area contributed by atoms with Crippen LogP contribution in [0.2, 0.25) is 0 Å². The number of hydrogen-bond acceptors (Lipinski definition) is 3. The van der Waals surface area contributed by atoms with E-state index in [2.05, 4.69) is 12.2 Å². The van der Waals surface area contributed by atoms with Crippen molar-refractivity contribution in [2.45, 2.75) is 39.7 Å². The number of sulfonamides is 1. The number of nitrogens with one attached hydrogen (secondary N) is 1. The summed E-state index contributed by atoms with van der Waals surface area (Å²) in [6.45, 7) is 5.79. The Hall–Kier alpha value is -2.34. The van der Waals surface area contributed by atoms with E-state index in [0.29, 0.717) is 17.8 Å². The Morgan fingerprint density at radius 3 is 2.08 bits per heavy atom. The van der Waals surface area contributed by atoms with Crippen molar-refractivity contribution in [3.63, 3.8) is 0 Å². The van der Waals surface area contributed by atoms with Crippen LogP contribution in [0.5, 0.6) is 0 Å². The van der Waals surface area contributed by atoms with Gasteiger partial charge in [-0.1, -0.05) is 43.7 Å². The van der Waals surface area contributed by atoms with Gasteiger partial charge < -0.3 is 5.32 Å². The summed E-state index contributed by atoms with van der Waals surface area (Å²) < 4.78 is 26.0. The fraction of sp³-hybridized carbons (Fsp3) is 0.350. The Bertz CT molecular complexity index is 844. The molecule has 1 amide bonds. The molecule has 140 valence electrons. The zero-order chi connectivity index (χ0) is 19.3. The second-order valence-electron chi connectivity index (χ2n) is 6.36. The molecule has 0 saturated heterocycles. The van der Waals surface area contributed by atoms with Gasteiger partial charge in [-0.3, -0.25) is 9.10 Å². The van der Waals surface area contributed by atoms with Crippen LogP contribution in [0, 0.1) is 6.92 Å². The highest BCUT2D eigenvalue weighted by molar-refractivity contribution is 7.92. The average Bonchev–Trinajstić information content (AvgIpc) is 2.60. The molecule has 2 aromatic rings. The summed E-state index contributed by atoms with van der Waals surface area (Å²) in [5.41, 5.74) is 3.34. The van der Waals surface area contributed by atoms with Crippen molar-refractivity contribution < 1.29 is 13.2 Å². The highest BCUT2D eigenvalue weighted by atomic mass is 32.2. The molecule has 0 radical (unpaired) electrons. The first-order chi connectivity index (χ1) is 12.3. The zero-order valence-corrected chi connectivity index (χ0v) is 16.5.